The lowest BCUT2D eigenvalue weighted by molar-refractivity contribution is -0.228. The van der Waals surface area contributed by atoms with Gasteiger partial charge in [-0.2, -0.15) is 0 Å². The highest BCUT2D eigenvalue weighted by atomic mass is 16.8. The van der Waals surface area contributed by atoms with Crippen LogP contribution in [-0.2, 0) is 35.0 Å². The highest BCUT2D eigenvalue weighted by molar-refractivity contribution is 5.15. The summed E-state index contributed by atoms with van der Waals surface area (Å²) in [5.74, 6) is -1.09. The summed E-state index contributed by atoms with van der Waals surface area (Å²) >= 11 is 0. The lowest BCUT2D eigenvalue weighted by Crippen LogP contribution is -2.63. The van der Waals surface area contributed by atoms with Crippen molar-refractivity contribution in [2.75, 3.05) is 6.61 Å². The van der Waals surface area contributed by atoms with E-state index >= 15 is 0 Å². The van der Waals surface area contributed by atoms with Crippen LogP contribution in [0.1, 0.15) is 69.8 Å². The summed E-state index contributed by atoms with van der Waals surface area (Å²) in [6.07, 6.45) is 10.9. The number of rotatable bonds is 6. The van der Waals surface area contributed by atoms with Crippen LogP contribution in [0.5, 0.6) is 0 Å². The Balaban J connectivity index is 1.31. The first kappa shape index (κ1) is 23.1. The average molecular weight is 471 g/mol. The smallest absolute Gasteiger partial charge is 0.169 e. The van der Waals surface area contributed by atoms with Crippen LogP contribution in [0.3, 0.4) is 0 Å². The molecule has 0 radical (unpaired) electrons. The zero-order chi connectivity index (χ0) is 23.0. The minimum atomic E-state index is -0.543. The largest absolute Gasteiger partial charge is 0.369 e. The average Bonchev–Trinajstić information content (AvgIpc) is 3.41. The minimum absolute atomic E-state index is 0.248. The number of benzene rings is 1. The molecule has 186 valence electrons. The summed E-state index contributed by atoms with van der Waals surface area (Å²) in [7, 11) is 0. The Hall–Kier alpha value is -1.28. The van der Waals surface area contributed by atoms with Crippen molar-refractivity contribution < 1.29 is 28.4 Å². The van der Waals surface area contributed by atoms with E-state index < -0.39 is 11.6 Å². The molecule has 6 nitrogen and oxygen atoms in total. The summed E-state index contributed by atoms with van der Waals surface area (Å²) < 4.78 is 40.1. The summed E-state index contributed by atoms with van der Waals surface area (Å²) in [5, 5.41) is 0. The molecule has 0 N–H and O–H groups in total. The number of hydrogen-bond donors (Lipinski definition) is 0. The van der Waals surface area contributed by atoms with E-state index in [2.05, 4.69) is 18.7 Å². The Bertz CT molecular complexity index is 789. The molecular weight excluding hydrogens is 432 g/mol. The maximum Gasteiger partial charge on any atom is 0.169 e. The fourth-order valence-corrected chi connectivity index (χ4v) is 6.68. The zero-order valence-corrected chi connectivity index (χ0v) is 20.1. The van der Waals surface area contributed by atoms with Crippen molar-refractivity contribution >= 4 is 0 Å². The van der Waals surface area contributed by atoms with Gasteiger partial charge in [0.05, 0.1) is 13.2 Å². The second kappa shape index (κ2) is 9.64. The molecule has 3 aliphatic carbocycles. The lowest BCUT2D eigenvalue weighted by Gasteiger charge is -2.42. The summed E-state index contributed by atoms with van der Waals surface area (Å²) in [4.78, 5) is 0. The molecule has 5 fully saturated rings. The van der Waals surface area contributed by atoms with Crippen LogP contribution in [-0.4, -0.2) is 54.8 Å². The van der Waals surface area contributed by atoms with Gasteiger partial charge in [-0.25, -0.2) is 0 Å². The third kappa shape index (κ3) is 4.27. The quantitative estimate of drug-likeness (QED) is 0.543. The van der Waals surface area contributed by atoms with Gasteiger partial charge in [0.2, 0.25) is 0 Å². The van der Waals surface area contributed by atoms with Crippen molar-refractivity contribution in [3.8, 4) is 0 Å². The first-order chi connectivity index (χ1) is 16.7. The van der Waals surface area contributed by atoms with Crippen LogP contribution in [0.25, 0.3) is 0 Å². The van der Waals surface area contributed by atoms with Gasteiger partial charge in [-0.05, 0) is 31.2 Å². The summed E-state index contributed by atoms with van der Waals surface area (Å²) in [5.41, 5.74) is 1.14. The molecule has 0 aromatic heterocycles. The number of ether oxygens (including phenoxy) is 6. The first-order valence-corrected chi connectivity index (χ1v) is 13.3. The topological polar surface area (TPSA) is 55.4 Å². The molecule has 2 aliphatic heterocycles. The van der Waals surface area contributed by atoms with Crippen LogP contribution in [0.2, 0.25) is 0 Å². The molecule has 0 amide bonds. The van der Waals surface area contributed by atoms with E-state index in [0.717, 1.165) is 56.9 Å². The molecule has 1 aromatic rings. The molecule has 2 heterocycles. The second-order valence-corrected chi connectivity index (χ2v) is 10.6. The normalized spacial score (nSPS) is 38.0. The third-order valence-electron chi connectivity index (χ3n) is 8.27. The zero-order valence-electron chi connectivity index (χ0n) is 20.1. The maximum absolute atomic E-state index is 6.80. The predicted molar refractivity (Wildman–Crippen MR) is 126 cm³/mol. The molecule has 2 unspecified atom stereocenters. The van der Waals surface area contributed by atoms with E-state index in [1.807, 2.05) is 18.2 Å². The van der Waals surface area contributed by atoms with Gasteiger partial charge in [0, 0.05) is 25.7 Å². The van der Waals surface area contributed by atoms with Crippen molar-refractivity contribution in [2.45, 2.75) is 119 Å². The van der Waals surface area contributed by atoms with Crippen LogP contribution in [0.4, 0.5) is 0 Å². The Morgan fingerprint density at radius 2 is 1.18 bits per heavy atom. The minimum Gasteiger partial charge on any atom is -0.369 e. The number of fused-ring (bicyclic) bond motifs is 2. The Kier molecular flexibility index (Phi) is 6.56. The first-order valence-electron chi connectivity index (χ1n) is 13.3. The molecule has 1 aromatic carbocycles. The van der Waals surface area contributed by atoms with Gasteiger partial charge in [-0.3, -0.25) is 0 Å². The Morgan fingerprint density at radius 1 is 0.706 bits per heavy atom. The molecule has 0 bridgehead atoms. The van der Waals surface area contributed by atoms with E-state index in [9.17, 15) is 0 Å². The molecule has 2 saturated heterocycles. The molecule has 2 spiro atoms. The van der Waals surface area contributed by atoms with Crippen molar-refractivity contribution in [2.24, 2.45) is 0 Å². The highest BCUT2D eigenvalue weighted by Crippen LogP contribution is 2.52. The predicted octanol–water partition coefficient (Wildman–Crippen LogP) is 5.05. The van der Waals surface area contributed by atoms with Crippen molar-refractivity contribution in [1.82, 2.24) is 0 Å². The van der Waals surface area contributed by atoms with Gasteiger partial charge in [0.1, 0.15) is 36.6 Å². The third-order valence-corrected chi connectivity index (χ3v) is 8.27. The second-order valence-electron chi connectivity index (χ2n) is 10.6. The molecule has 6 rings (SSSR count). The SMILES string of the molecule is C=CCOC1[C@H]2OC3(CCCCC3)O[C@H]2C(OCc2ccccc2)[C@@H]2OC3(CCCCC3)O[C@@H]12. The standard InChI is InChI=1S/C28H38O6/c1-2-18-29-21-23-25(33-27(31-23)14-8-4-9-15-27)22(30-19-20-12-6-3-7-13-20)26-24(21)32-28(34-26)16-10-5-11-17-28/h2-3,6-7,12-13,21-26H,1,4-5,8-11,14-19H2/t21?,22?,23-,24+,25-,26-/m0/s1. The van der Waals surface area contributed by atoms with E-state index in [0.29, 0.717) is 13.2 Å². The summed E-state index contributed by atoms with van der Waals surface area (Å²) in [6.45, 7) is 4.81. The van der Waals surface area contributed by atoms with Crippen LogP contribution in [0, 0.1) is 0 Å². The van der Waals surface area contributed by atoms with E-state index in [1.165, 1.54) is 12.8 Å². The number of hydrogen-bond acceptors (Lipinski definition) is 6. The lowest BCUT2D eigenvalue weighted by atomic mass is 9.84. The van der Waals surface area contributed by atoms with Gasteiger partial charge >= 0.3 is 0 Å². The van der Waals surface area contributed by atoms with Crippen LogP contribution < -0.4 is 0 Å². The Labute approximate surface area is 202 Å². The van der Waals surface area contributed by atoms with Gasteiger partial charge in [0.25, 0.3) is 0 Å². The van der Waals surface area contributed by atoms with E-state index in [4.69, 9.17) is 28.4 Å². The summed E-state index contributed by atoms with van der Waals surface area (Å²) in [6, 6.07) is 10.3. The molecule has 6 atom stereocenters. The Morgan fingerprint density at radius 3 is 1.65 bits per heavy atom. The van der Waals surface area contributed by atoms with Gasteiger partial charge in [0.15, 0.2) is 11.6 Å². The van der Waals surface area contributed by atoms with E-state index in [1.54, 1.807) is 6.08 Å². The molecular formula is C28H38O6. The fraction of sp³-hybridized carbons (Fsp3) is 0.714. The van der Waals surface area contributed by atoms with E-state index in [-0.39, 0.29) is 36.6 Å². The van der Waals surface area contributed by atoms with Crippen molar-refractivity contribution in [1.29, 1.82) is 0 Å². The molecule has 3 saturated carbocycles. The van der Waals surface area contributed by atoms with Gasteiger partial charge < -0.3 is 28.4 Å². The van der Waals surface area contributed by atoms with Crippen molar-refractivity contribution in [3.05, 3.63) is 48.6 Å². The van der Waals surface area contributed by atoms with Crippen LogP contribution >= 0.6 is 0 Å². The monoisotopic (exact) mass is 470 g/mol. The maximum atomic E-state index is 6.80. The van der Waals surface area contributed by atoms with Crippen LogP contribution in [0.15, 0.2) is 43.0 Å². The van der Waals surface area contributed by atoms with Gasteiger partial charge in [-0.1, -0.05) is 49.2 Å². The molecule has 5 aliphatic rings. The molecule has 6 heteroatoms. The fourth-order valence-electron chi connectivity index (χ4n) is 6.68. The van der Waals surface area contributed by atoms with Crippen molar-refractivity contribution in [3.63, 3.8) is 0 Å². The molecule has 34 heavy (non-hydrogen) atoms. The highest BCUT2D eigenvalue weighted by Gasteiger charge is 2.66. The van der Waals surface area contributed by atoms with Gasteiger partial charge in [-0.15, -0.1) is 6.58 Å².